The highest BCUT2D eigenvalue weighted by Crippen LogP contribution is 2.49. The number of ether oxygens (including phenoxy) is 1. The number of pyridine rings is 1. The number of aryl methyl sites for hydroxylation is 2. The van der Waals surface area contributed by atoms with E-state index in [-0.39, 0.29) is 18.6 Å². The Morgan fingerprint density at radius 1 is 1.33 bits per heavy atom. The number of nitrogens with zero attached hydrogens (tertiary/aromatic N) is 2. The van der Waals surface area contributed by atoms with Gasteiger partial charge in [0.15, 0.2) is 6.61 Å². The number of carbonyl (C=O) groups excluding carboxylic acids is 2. The summed E-state index contributed by atoms with van der Waals surface area (Å²) in [7, 11) is 0. The van der Waals surface area contributed by atoms with Crippen LogP contribution in [-0.4, -0.2) is 34.7 Å². The zero-order valence-electron chi connectivity index (χ0n) is 15.9. The quantitative estimate of drug-likeness (QED) is 0.812. The second-order valence-electron chi connectivity index (χ2n) is 8.03. The van der Waals surface area contributed by atoms with E-state index in [0.717, 1.165) is 11.8 Å². The predicted octanol–water partition coefficient (Wildman–Crippen LogP) is 2.94. The number of rotatable bonds is 5. The molecule has 2 aliphatic rings. The molecule has 2 aromatic rings. The number of nitrogens with one attached hydrogen (secondary N) is 1. The first-order valence-corrected chi connectivity index (χ1v) is 9.62. The molecule has 4 rings (SSSR count). The van der Waals surface area contributed by atoms with E-state index in [9.17, 15) is 9.59 Å². The standard InChI is InChI=1S/C20H25N3O4/c1-10-6-16(18-12(3)23-27-19(18)21-10)20(25)26-9-17(24)22-11(2)15-8-13-4-5-14(15)7-13/h6,11,13-15H,4-5,7-9H2,1-3H3,(H,22,24)/t11-,13-,14-,15-/m0/s1. The number of esters is 1. The lowest BCUT2D eigenvalue weighted by Crippen LogP contribution is -2.42. The highest BCUT2D eigenvalue weighted by atomic mass is 16.5. The highest BCUT2D eigenvalue weighted by molar-refractivity contribution is 6.03. The molecule has 7 nitrogen and oxygen atoms in total. The Hall–Kier alpha value is -2.44. The molecule has 0 radical (unpaired) electrons. The number of hydrogen-bond acceptors (Lipinski definition) is 6. The number of amides is 1. The molecule has 2 bridgehead atoms. The normalized spacial score (nSPS) is 24.9. The number of hydrogen-bond donors (Lipinski definition) is 1. The van der Waals surface area contributed by atoms with Crippen LogP contribution in [0.3, 0.4) is 0 Å². The van der Waals surface area contributed by atoms with Gasteiger partial charge in [-0.2, -0.15) is 0 Å². The zero-order valence-corrected chi connectivity index (χ0v) is 15.9. The minimum atomic E-state index is -0.570. The molecule has 2 aromatic heterocycles. The molecule has 2 saturated carbocycles. The van der Waals surface area contributed by atoms with Crippen molar-refractivity contribution in [2.45, 2.75) is 52.5 Å². The second kappa shape index (κ2) is 6.94. The smallest absolute Gasteiger partial charge is 0.339 e. The molecular weight excluding hydrogens is 346 g/mol. The summed E-state index contributed by atoms with van der Waals surface area (Å²) in [6.45, 7) is 5.26. The summed E-state index contributed by atoms with van der Waals surface area (Å²) in [4.78, 5) is 29.0. The van der Waals surface area contributed by atoms with Crippen molar-refractivity contribution in [1.82, 2.24) is 15.5 Å². The highest BCUT2D eigenvalue weighted by Gasteiger charge is 2.42. The van der Waals surface area contributed by atoms with Crippen LogP contribution in [0.4, 0.5) is 0 Å². The topological polar surface area (TPSA) is 94.3 Å². The molecule has 0 spiro atoms. The minimum Gasteiger partial charge on any atom is -0.452 e. The van der Waals surface area contributed by atoms with E-state index >= 15 is 0 Å². The van der Waals surface area contributed by atoms with Crippen LogP contribution in [0, 0.1) is 31.6 Å². The molecular formula is C20H25N3O4. The van der Waals surface area contributed by atoms with E-state index in [2.05, 4.69) is 22.4 Å². The molecule has 1 amide bonds. The molecule has 0 unspecified atom stereocenters. The SMILES string of the molecule is Cc1cc(C(=O)OCC(=O)N[C@@H](C)[C@@H]2C[C@H]3CC[C@H]2C3)c2c(C)noc2n1. The molecule has 2 aliphatic carbocycles. The van der Waals surface area contributed by atoms with Gasteiger partial charge in [-0.25, -0.2) is 9.78 Å². The van der Waals surface area contributed by atoms with Crippen molar-refractivity contribution in [3.63, 3.8) is 0 Å². The maximum Gasteiger partial charge on any atom is 0.339 e. The lowest BCUT2D eigenvalue weighted by atomic mass is 9.84. The summed E-state index contributed by atoms with van der Waals surface area (Å²) in [5, 5.41) is 7.39. The van der Waals surface area contributed by atoms with Crippen LogP contribution in [-0.2, 0) is 9.53 Å². The van der Waals surface area contributed by atoms with Gasteiger partial charge in [-0.1, -0.05) is 11.6 Å². The van der Waals surface area contributed by atoms with E-state index in [4.69, 9.17) is 9.26 Å². The fourth-order valence-electron chi connectivity index (χ4n) is 4.90. The largest absolute Gasteiger partial charge is 0.452 e. The molecule has 7 heteroatoms. The molecule has 0 saturated heterocycles. The van der Waals surface area contributed by atoms with Crippen LogP contribution in [0.5, 0.6) is 0 Å². The van der Waals surface area contributed by atoms with Crippen LogP contribution in [0.1, 0.15) is 54.4 Å². The Bertz CT molecular complexity index is 891. The van der Waals surface area contributed by atoms with Gasteiger partial charge in [0.1, 0.15) is 0 Å². The van der Waals surface area contributed by atoms with Crippen LogP contribution < -0.4 is 5.32 Å². The van der Waals surface area contributed by atoms with Crippen LogP contribution in [0.15, 0.2) is 10.6 Å². The van der Waals surface area contributed by atoms with Gasteiger partial charge >= 0.3 is 5.97 Å². The average Bonchev–Trinajstić information content (AvgIpc) is 3.35. The van der Waals surface area contributed by atoms with Gasteiger partial charge in [0.2, 0.25) is 0 Å². The fraction of sp³-hybridized carbons (Fsp3) is 0.600. The van der Waals surface area contributed by atoms with Crippen molar-refractivity contribution in [1.29, 1.82) is 0 Å². The van der Waals surface area contributed by atoms with Gasteiger partial charge in [0.05, 0.1) is 16.6 Å². The van der Waals surface area contributed by atoms with Crippen molar-refractivity contribution >= 4 is 23.0 Å². The van der Waals surface area contributed by atoms with Crippen LogP contribution >= 0.6 is 0 Å². The van der Waals surface area contributed by atoms with Gasteiger partial charge < -0.3 is 14.6 Å². The van der Waals surface area contributed by atoms with Gasteiger partial charge in [0.25, 0.3) is 11.6 Å². The van der Waals surface area contributed by atoms with Gasteiger partial charge in [-0.15, -0.1) is 0 Å². The van der Waals surface area contributed by atoms with Gasteiger partial charge in [-0.3, -0.25) is 4.79 Å². The van der Waals surface area contributed by atoms with E-state index < -0.39 is 5.97 Å². The third-order valence-electron chi connectivity index (χ3n) is 6.12. The Morgan fingerprint density at radius 2 is 2.15 bits per heavy atom. The van der Waals surface area contributed by atoms with Crippen molar-refractivity contribution < 1.29 is 18.8 Å². The molecule has 0 aromatic carbocycles. The van der Waals surface area contributed by atoms with E-state index in [1.165, 1.54) is 25.7 Å². The summed E-state index contributed by atoms with van der Waals surface area (Å²) in [6.07, 6.45) is 5.11. The first-order chi connectivity index (χ1) is 12.9. The maximum absolute atomic E-state index is 12.5. The van der Waals surface area contributed by atoms with Crippen molar-refractivity contribution in [2.24, 2.45) is 17.8 Å². The van der Waals surface area contributed by atoms with Gasteiger partial charge in [-0.05, 0) is 63.9 Å². The van der Waals surface area contributed by atoms with Crippen LogP contribution in [0.2, 0.25) is 0 Å². The molecule has 1 N–H and O–H groups in total. The lowest BCUT2D eigenvalue weighted by molar-refractivity contribution is -0.125. The number of aromatic nitrogens is 2. The Balaban J connectivity index is 1.36. The lowest BCUT2D eigenvalue weighted by Gasteiger charge is -2.28. The Morgan fingerprint density at radius 3 is 2.85 bits per heavy atom. The van der Waals surface area contributed by atoms with E-state index in [0.29, 0.717) is 34.0 Å². The monoisotopic (exact) mass is 371 g/mol. The molecule has 4 atom stereocenters. The second-order valence-corrected chi connectivity index (χ2v) is 8.03. The molecule has 144 valence electrons. The maximum atomic E-state index is 12.5. The summed E-state index contributed by atoms with van der Waals surface area (Å²) < 4.78 is 10.4. The Labute approximate surface area is 157 Å². The molecule has 2 heterocycles. The molecule has 27 heavy (non-hydrogen) atoms. The van der Waals surface area contributed by atoms with Gasteiger partial charge in [0, 0.05) is 11.7 Å². The summed E-state index contributed by atoms with van der Waals surface area (Å²) in [6, 6.07) is 1.74. The number of carbonyl (C=O) groups is 2. The number of fused-ring (bicyclic) bond motifs is 3. The first-order valence-electron chi connectivity index (χ1n) is 9.62. The third-order valence-corrected chi connectivity index (χ3v) is 6.12. The fourth-order valence-corrected chi connectivity index (χ4v) is 4.90. The van der Waals surface area contributed by atoms with E-state index in [1.807, 2.05) is 0 Å². The summed E-state index contributed by atoms with van der Waals surface area (Å²) in [5.41, 5.74) is 1.82. The zero-order chi connectivity index (χ0) is 19.1. The average molecular weight is 371 g/mol. The summed E-state index contributed by atoms with van der Waals surface area (Å²) >= 11 is 0. The Kier molecular flexibility index (Phi) is 4.61. The van der Waals surface area contributed by atoms with Crippen molar-refractivity contribution in [3.8, 4) is 0 Å². The molecule has 2 fully saturated rings. The third kappa shape index (κ3) is 3.42. The van der Waals surface area contributed by atoms with Crippen LogP contribution in [0.25, 0.3) is 11.1 Å². The van der Waals surface area contributed by atoms with Crippen molar-refractivity contribution in [2.75, 3.05) is 6.61 Å². The van der Waals surface area contributed by atoms with Crippen molar-refractivity contribution in [3.05, 3.63) is 23.0 Å². The minimum absolute atomic E-state index is 0.113. The summed E-state index contributed by atoms with van der Waals surface area (Å²) in [5.74, 6) is 1.28. The van der Waals surface area contributed by atoms with E-state index in [1.54, 1.807) is 19.9 Å². The molecule has 0 aliphatic heterocycles. The predicted molar refractivity (Wildman–Crippen MR) is 98.1 cm³/mol. The first kappa shape index (κ1) is 17.9.